The van der Waals surface area contributed by atoms with Crippen molar-refractivity contribution in [1.29, 1.82) is 0 Å². The summed E-state index contributed by atoms with van der Waals surface area (Å²) in [4.78, 5) is 69.6. The highest BCUT2D eigenvalue weighted by atomic mass is 31.0. The Morgan fingerprint density at radius 2 is 0.700 bits per heavy atom. The first kappa shape index (κ1) is 66.9. The number of carbonyl (C=O) groups excluding carboxylic acids is 3. The molecule has 0 aliphatic carbocycles. The molecule has 1 unspecified atom stereocenters. The van der Waals surface area contributed by atoms with E-state index in [0.29, 0.717) is 131 Å². The van der Waals surface area contributed by atoms with Crippen LogP contribution in [0.2, 0.25) is 0 Å². The van der Waals surface area contributed by atoms with E-state index in [1.54, 1.807) is 0 Å². The third kappa shape index (κ3) is 49.9. The lowest BCUT2D eigenvalue weighted by Crippen LogP contribution is -2.41. The first-order valence-corrected chi connectivity index (χ1v) is 26.2. The predicted molar refractivity (Wildman–Crippen MR) is 266 cm³/mol. The van der Waals surface area contributed by atoms with Crippen molar-refractivity contribution in [3.63, 3.8) is 0 Å². The molecule has 0 bridgehead atoms. The summed E-state index contributed by atoms with van der Waals surface area (Å²) < 4.78 is 43.7. The summed E-state index contributed by atoms with van der Waals surface area (Å²) in [6.45, 7) is 7.04. The molecule has 3 atom stereocenters. The lowest BCUT2D eigenvalue weighted by Gasteiger charge is -2.14. The Labute approximate surface area is 419 Å². The lowest BCUT2D eigenvalue weighted by molar-refractivity contribution is -0.142. The van der Waals surface area contributed by atoms with Gasteiger partial charge >= 0.3 is 17.9 Å². The normalized spacial score (nSPS) is 12.1. The standard InChI is InChI=1S/C48H91N4O17P/c53-43(21-20-41(47(58)59)51-45(55)18-13-11-9-7-5-3-1-2-4-6-8-10-12-14-19-46(56)57)50-24-26-63-28-30-65-32-34-67-36-38-69-40-39-68-37-35-66-33-31-64-29-27-62-25-22-44(54)49-23-16-15-17-42(52-70)48(60)61/h41-42,52H,1-40,70H2,(H,49,54)(H,50,53)(H,51,55)(H,56,57)(H,58,59)(H,60,61)/t41-,42-/m0/s1. The van der Waals surface area contributed by atoms with E-state index in [0.717, 1.165) is 38.5 Å². The lowest BCUT2D eigenvalue weighted by atomic mass is 10.0. The molecule has 3 amide bonds. The number of carboxylic acid groups (broad SMARTS) is 3. The van der Waals surface area contributed by atoms with Crippen LogP contribution < -0.4 is 21.0 Å². The Balaban J connectivity index is 3.46. The molecule has 7 N–H and O–H groups in total. The average Bonchev–Trinajstić information content (AvgIpc) is 3.33. The quantitative estimate of drug-likeness (QED) is 0.0328. The summed E-state index contributed by atoms with van der Waals surface area (Å²) in [5.41, 5.74) is 0. The highest BCUT2D eigenvalue weighted by Gasteiger charge is 2.21. The summed E-state index contributed by atoms with van der Waals surface area (Å²) in [6.07, 6.45) is 17.8. The highest BCUT2D eigenvalue weighted by molar-refractivity contribution is 7.13. The van der Waals surface area contributed by atoms with Gasteiger partial charge in [0.2, 0.25) is 17.7 Å². The number of carbonyl (C=O) groups is 6. The maximum absolute atomic E-state index is 12.3. The molecule has 0 spiro atoms. The van der Waals surface area contributed by atoms with Crippen molar-refractivity contribution in [2.75, 3.05) is 119 Å². The van der Waals surface area contributed by atoms with Crippen LogP contribution in [-0.4, -0.2) is 182 Å². The van der Waals surface area contributed by atoms with Crippen LogP contribution in [0.4, 0.5) is 0 Å². The van der Waals surface area contributed by atoms with Crippen molar-refractivity contribution in [3.05, 3.63) is 0 Å². The average molecular weight is 1030 g/mol. The largest absolute Gasteiger partial charge is 0.481 e. The van der Waals surface area contributed by atoms with Gasteiger partial charge in [-0.15, -0.1) is 0 Å². The van der Waals surface area contributed by atoms with Crippen molar-refractivity contribution in [2.45, 2.75) is 153 Å². The molecule has 0 aromatic rings. The SMILES string of the molecule is O=C(O)CCCCCCCCCCCCCCCCC(=O)N[C@@H](CCC(=O)NCCOCCOCCOCCOCCOCCOCCOCCOCCC(=O)NCCCC[C@H](NP)C(=O)O)C(=O)O. The number of unbranched alkanes of at least 4 members (excludes halogenated alkanes) is 14. The minimum Gasteiger partial charge on any atom is -0.481 e. The number of aliphatic carboxylic acids is 3. The van der Waals surface area contributed by atoms with Crippen molar-refractivity contribution >= 4 is 45.0 Å². The molecule has 0 aromatic carbocycles. The Kier molecular flexibility index (Phi) is 49.9. The van der Waals surface area contributed by atoms with Crippen LogP contribution in [0.25, 0.3) is 0 Å². The monoisotopic (exact) mass is 1030 g/mol. The number of hydrogen-bond donors (Lipinski definition) is 7. The zero-order chi connectivity index (χ0) is 51.4. The third-order valence-corrected chi connectivity index (χ3v) is 11.1. The van der Waals surface area contributed by atoms with Gasteiger partial charge in [-0.3, -0.25) is 29.1 Å². The van der Waals surface area contributed by atoms with Gasteiger partial charge in [-0.05, 0) is 38.5 Å². The molecule has 0 radical (unpaired) electrons. The predicted octanol–water partition coefficient (Wildman–Crippen LogP) is 4.42. The zero-order valence-corrected chi connectivity index (χ0v) is 43.2. The summed E-state index contributed by atoms with van der Waals surface area (Å²) in [5.74, 6) is -3.50. The van der Waals surface area contributed by atoms with Gasteiger partial charge < -0.3 is 69.2 Å². The van der Waals surface area contributed by atoms with E-state index in [2.05, 4.69) is 30.4 Å². The maximum Gasteiger partial charge on any atom is 0.326 e. The number of carboxylic acids is 3. The molecular weight excluding hydrogens is 936 g/mol. The van der Waals surface area contributed by atoms with E-state index in [1.807, 2.05) is 0 Å². The number of ether oxygens (including phenoxy) is 8. The smallest absolute Gasteiger partial charge is 0.326 e. The topological polar surface area (TPSA) is 285 Å². The number of rotatable bonds is 56. The van der Waals surface area contributed by atoms with Gasteiger partial charge in [0.15, 0.2) is 0 Å². The minimum atomic E-state index is -1.16. The van der Waals surface area contributed by atoms with Gasteiger partial charge in [-0.1, -0.05) is 86.4 Å². The summed E-state index contributed by atoms with van der Waals surface area (Å²) in [5, 5.41) is 37.9. The van der Waals surface area contributed by atoms with E-state index in [1.165, 1.54) is 44.9 Å². The van der Waals surface area contributed by atoms with Crippen LogP contribution in [0.5, 0.6) is 0 Å². The fourth-order valence-electron chi connectivity index (χ4n) is 6.71. The van der Waals surface area contributed by atoms with Gasteiger partial charge in [-0.25, -0.2) is 4.79 Å². The van der Waals surface area contributed by atoms with Crippen molar-refractivity contribution in [1.82, 2.24) is 21.0 Å². The van der Waals surface area contributed by atoms with Crippen LogP contribution in [0.3, 0.4) is 0 Å². The molecule has 0 fully saturated rings. The zero-order valence-electron chi connectivity index (χ0n) is 42.1. The second kappa shape index (κ2) is 52.2. The Morgan fingerprint density at radius 3 is 1.10 bits per heavy atom. The van der Waals surface area contributed by atoms with Gasteiger partial charge in [0.1, 0.15) is 12.1 Å². The minimum absolute atomic E-state index is 0.000596. The summed E-state index contributed by atoms with van der Waals surface area (Å²) >= 11 is 0. The van der Waals surface area contributed by atoms with E-state index < -0.39 is 30.0 Å². The van der Waals surface area contributed by atoms with Crippen LogP contribution in [0.15, 0.2) is 0 Å². The van der Waals surface area contributed by atoms with Gasteiger partial charge in [0.25, 0.3) is 0 Å². The van der Waals surface area contributed by atoms with Gasteiger partial charge in [-0.2, -0.15) is 0 Å². The highest BCUT2D eigenvalue weighted by Crippen LogP contribution is 2.14. The molecule has 70 heavy (non-hydrogen) atoms. The molecule has 410 valence electrons. The van der Waals surface area contributed by atoms with Gasteiger partial charge in [0.05, 0.1) is 106 Å². The van der Waals surface area contributed by atoms with Crippen LogP contribution in [-0.2, 0) is 66.7 Å². The fourth-order valence-corrected chi connectivity index (χ4v) is 7.02. The van der Waals surface area contributed by atoms with Crippen molar-refractivity contribution < 1.29 is 82.0 Å². The molecule has 0 aromatic heterocycles. The molecule has 0 aliphatic rings. The molecule has 0 aliphatic heterocycles. The number of amides is 3. The molecule has 22 heteroatoms. The van der Waals surface area contributed by atoms with Crippen molar-refractivity contribution in [2.24, 2.45) is 0 Å². The second-order valence-electron chi connectivity index (χ2n) is 16.7. The molecule has 21 nitrogen and oxygen atoms in total. The molecule has 0 rings (SSSR count). The van der Waals surface area contributed by atoms with E-state index >= 15 is 0 Å². The van der Waals surface area contributed by atoms with Crippen molar-refractivity contribution in [3.8, 4) is 0 Å². The third-order valence-electron chi connectivity index (χ3n) is 10.7. The number of hydrogen-bond acceptors (Lipinski definition) is 15. The molecule has 0 heterocycles. The first-order valence-electron chi connectivity index (χ1n) is 25.6. The Bertz CT molecular complexity index is 1290. The van der Waals surface area contributed by atoms with Gasteiger partial charge in [0, 0.05) is 38.8 Å². The van der Waals surface area contributed by atoms with E-state index in [-0.39, 0.29) is 63.0 Å². The van der Waals surface area contributed by atoms with E-state index in [9.17, 15) is 33.9 Å². The fraction of sp³-hybridized carbons (Fsp3) is 0.875. The summed E-state index contributed by atoms with van der Waals surface area (Å²) in [7, 11) is 2.21. The Hall–Kier alpha value is -3.11. The molecule has 0 saturated carbocycles. The van der Waals surface area contributed by atoms with E-state index in [4.69, 9.17) is 48.1 Å². The molecular formula is C48H91N4O17P. The Morgan fingerprint density at radius 1 is 0.343 bits per heavy atom. The second-order valence-corrected chi connectivity index (χ2v) is 17.1. The van der Waals surface area contributed by atoms with Crippen LogP contribution >= 0.6 is 9.39 Å². The first-order chi connectivity index (χ1) is 34.1. The van der Waals surface area contributed by atoms with Crippen LogP contribution in [0, 0.1) is 0 Å². The van der Waals surface area contributed by atoms with Crippen LogP contribution in [0.1, 0.15) is 141 Å². The maximum atomic E-state index is 12.3. The number of nitrogens with one attached hydrogen (secondary N) is 4. The summed E-state index contributed by atoms with van der Waals surface area (Å²) in [6, 6.07) is -1.72. The molecule has 0 saturated heterocycles.